The third-order valence-corrected chi connectivity index (χ3v) is 3.48. The standard InChI is InChI=1S/C9H14F3N3S/c1-3-7(13)8(9(10,11)12)16-6-4-14-15(2)5-6/h4-5,7-8H,3,13H2,1-2H3. The van der Waals surface area contributed by atoms with Gasteiger partial charge >= 0.3 is 6.18 Å². The Hall–Kier alpha value is -0.690. The van der Waals surface area contributed by atoms with Crippen molar-refractivity contribution in [3.8, 4) is 0 Å². The molecule has 2 N–H and O–H groups in total. The van der Waals surface area contributed by atoms with Crippen LogP contribution in [0, 0.1) is 0 Å². The minimum atomic E-state index is -4.30. The smallest absolute Gasteiger partial charge is 0.326 e. The minimum Gasteiger partial charge on any atom is -0.326 e. The number of aromatic nitrogens is 2. The van der Waals surface area contributed by atoms with Crippen molar-refractivity contribution in [2.75, 3.05) is 0 Å². The van der Waals surface area contributed by atoms with Crippen molar-refractivity contribution in [2.45, 2.75) is 35.7 Å². The van der Waals surface area contributed by atoms with Crippen molar-refractivity contribution in [3.63, 3.8) is 0 Å². The topological polar surface area (TPSA) is 43.8 Å². The number of hydrogen-bond donors (Lipinski definition) is 1. The molecule has 0 aliphatic rings. The fourth-order valence-electron chi connectivity index (χ4n) is 1.22. The number of thioether (sulfide) groups is 1. The van der Waals surface area contributed by atoms with Gasteiger partial charge < -0.3 is 5.73 Å². The van der Waals surface area contributed by atoms with Gasteiger partial charge in [-0.1, -0.05) is 6.92 Å². The van der Waals surface area contributed by atoms with E-state index >= 15 is 0 Å². The fraction of sp³-hybridized carbons (Fsp3) is 0.667. The lowest BCUT2D eigenvalue weighted by Crippen LogP contribution is -2.42. The van der Waals surface area contributed by atoms with Crippen LogP contribution in [0.15, 0.2) is 17.3 Å². The summed E-state index contributed by atoms with van der Waals surface area (Å²) in [6.45, 7) is 1.65. The summed E-state index contributed by atoms with van der Waals surface area (Å²) in [5, 5.41) is 2.24. The Kier molecular flexibility index (Phi) is 4.26. The summed E-state index contributed by atoms with van der Waals surface area (Å²) in [5.74, 6) is 0. The van der Waals surface area contributed by atoms with Crippen LogP contribution < -0.4 is 5.73 Å². The van der Waals surface area contributed by atoms with Crippen molar-refractivity contribution >= 4 is 11.8 Å². The van der Waals surface area contributed by atoms with E-state index in [4.69, 9.17) is 5.73 Å². The maximum atomic E-state index is 12.7. The monoisotopic (exact) mass is 253 g/mol. The first-order valence-corrected chi connectivity index (χ1v) is 5.70. The second-order valence-corrected chi connectivity index (χ2v) is 4.72. The van der Waals surface area contributed by atoms with E-state index in [0.29, 0.717) is 16.7 Å². The van der Waals surface area contributed by atoms with E-state index in [1.54, 1.807) is 20.2 Å². The molecular formula is C9H14F3N3S. The highest BCUT2D eigenvalue weighted by Crippen LogP contribution is 2.37. The zero-order valence-electron chi connectivity index (χ0n) is 9.03. The van der Waals surface area contributed by atoms with Gasteiger partial charge in [-0.25, -0.2) is 0 Å². The summed E-state index contributed by atoms with van der Waals surface area (Å²) in [6, 6.07) is -0.898. The average molecular weight is 253 g/mol. The molecule has 92 valence electrons. The van der Waals surface area contributed by atoms with Crippen LogP contribution in [-0.4, -0.2) is 27.2 Å². The molecule has 1 rings (SSSR count). The lowest BCUT2D eigenvalue weighted by molar-refractivity contribution is -0.132. The van der Waals surface area contributed by atoms with Crippen LogP contribution in [-0.2, 0) is 7.05 Å². The SMILES string of the molecule is CCC(N)C(Sc1cnn(C)c1)C(F)(F)F. The summed E-state index contributed by atoms with van der Waals surface area (Å²) in [7, 11) is 1.66. The fourth-order valence-corrected chi connectivity index (χ4v) is 2.33. The molecule has 16 heavy (non-hydrogen) atoms. The molecule has 0 bridgehead atoms. The van der Waals surface area contributed by atoms with Gasteiger partial charge in [0.2, 0.25) is 0 Å². The van der Waals surface area contributed by atoms with Gasteiger partial charge in [0.25, 0.3) is 0 Å². The molecular weight excluding hydrogens is 239 g/mol. The van der Waals surface area contributed by atoms with Crippen molar-refractivity contribution < 1.29 is 13.2 Å². The maximum absolute atomic E-state index is 12.7. The Balaban J connectivity index is 2.79. The lowest BCUT2D eigenvalue weighted by Gasteiger charge is -2.24. The van der Waals surface area contributed by atoms with Crippen molar-refractivity contribution in [1.82, 2.24) is 9.78 Å². The number of hydrogen-bond acceptors (Lipinski definition) is 3. The number of nitrogens with zero attached hydrogens (tertiary/aromatic N) is 2. The third kappa shape index (κ3) is 3.41. The van der Waals surface area contributed by atoms with Crippen LogP contribution in [0.4, 0.5) is 13.2 Å². The zero-order valence-corrected chi connectivity index (χ0v) is 9.85. The van der Waals surface area contributed by atoms with E-state index in [1.165, 1.54) is 10.9 Å². The number of aryl methyl sites for hydroxylation is 1. The molecule has 0 aliphatic carbocycles. The van der Waals surface area contributed by atoms with Crippen molar-refractivity contribution in [3.05, 3.63) is 12.4 Å². The Bertz CT molecular complexity index is 337. The third-order valence-electron chi connectivity index (χ3n) is 2.13. The molecule has 0 fully saturated rings. The molecule has 0 spiro atoms. The number of rotatable bonds is 4. The summed E-state index contributed by atoms with van der Waals surface area (Å²) < 4.78 is 39.6. The van der Waals surface area contributed by atoms with Crippen LogP contribution in [0.3, 0.4) is 0 Å². The van der Waals surface area contributed by atoms with E-state index in [0.717, 1.165) is 0 Å². The molecule has 1 aromatic rings. The molecule has 1 aromatic heterocycles. The van der Waals surface area contributed by atoms with Crippen LogP contribution in [0.5, 0.6) is 0 Å². The average Bonchev–Trinajstić information content (AvgIpc) is 2.57. The van der Waals surface area contributed by atoms with Gasteiger partial charge in [-0.15, -0.1) is 11.8 Å². The second kappa shape index (κ2) is 5.09. The quantitative estimate of drug-likeness (QED) is 0.836. The lowest BCUT2D eigenvalue weighted by atomic mass is 10.1. The van der Waals surface area contributed by atoms with Gasteiger partial charge in [-0.05, 0) is 6.42 Å². The molecule has 2 unspecified atom stereocenters. The van der Waals surface area contributed by atoms with Crippen molar-refractivity contribution in [1.29, 1.82) is 0 Å². The molecule has 0 aliphatic heterocycles. The first-order chi connectivity index (χ1) is 7.34. The molecule has 0 amide bonds. The predicted molar refractivity (Wildman–Crippen MR) is 57.2 cm³/mol. The summed E-state index contributed by atoms with van der Waals surface area (Å²) in [5.41, 5.74) is 5.49. The van der Waals surface area contributed by atoms with Crippen LogP contribution in [0.25, 0.3) is 0 Å². The van der Waals surface area contributed by atoms with Crippen LogP contribution >= 0.6 is 11.8 Å². The van der Waals surface area contributed by atoms with E-state index < -0.39 is 17.5 Å². The van der Waals surface area contributed by atoms with E-state index in [9.17, 15) is 13.2 Å². The van der Waals surface area contributed by atoms with Gasteiger partial charge in [-0.2, -0.15) is 18.3 Å². The Morgan fingerprint density at radius 2 is 2.19 bits per heavy atom. The van der Waals surface area contributed by atoms with Gasteiger partial charge in [0.05, 0.1) is 6.20 Å². The molecule has 0 saturated heterocycles. The highest BCUT2D eigenvalue weighted by atomic mass is 32.2. The van der Waals surface area contributed by atoms with Crippen LogP contribution in [0.1, 0.15) is 13.3 Å². The number of halogens is 3. The van der Waals surface area contributed by atoms with Gasteiger partial charge in [0.1, 0.15) is 5.25 Å². The van der Waals surface area contributed by atoms with Crippen LogP contribution in [0.2, 0.25) is 0 Å². The second-order valence-electron chi connectivity index (χ2n) is 3.50. The number of alkyl halides is 3. The highest BCUT2D eigenvalue weighted by molar-refractivity contribution is 8.00. The van der Waals surface area contributed by atoms with Crippen molar-refractivity contribution in [2.24, 2.45) is 12.8 Å². The first kappa shape index (κ1) is 13.4. The first-order valence-electron chi connectivity index (χ1n) is 4.82. The van der Waals surface area contributed by atoms with Gasteiger partial charge in [0.15, 0.2) is 0 Å². The molecule has 2 atom stereocenters. The Morgan fingerprint density at radius 3 is 2.56 bits per heavy atom. The predicted octanol–water partition coefficient (Wildman–Crippen LogP) is 2.18. The highest BCUT2D eigenvalue weighted by Gasteiger charge is 2.43. The molecule has 0 saturated carbocycles. The Labute approximate surface area is 96.2 Å². The van der Waals surface area contributed by atoms with E-state index in [2.05, 4.69) is 5.10 Å². The minimum absolute atomic E-state index is 0.289. The molecule has 0 aromatic carbocycles. The largest absolute Gasteiger partial charge is 0.402 e. The summed E-state index contributed by atoms with van der Waals surface area (Å²) >= 11 is 0.716. The normalized spacial score (nSPS) is 16.1. The van der Waals surface area contributed by atoms with E-state index in [1.807, 2.05) is 0 Å². The van der Waals surface area contributed by atoms with Gasteiger partial charge in [-0.3, -0.25) is 4.68 Å². The molecule has 1 heterocycles. The van der Waals surface area contributed by atoms with Gasteiger partial charge in [0, 0.05) is 24.2 Å². The molecule has 7 heteroatoms. The molecule has 3 nitrogen and oxygen atoms in total. The zero-order chi connectivity index (χ0) is 12.3. The van der Waals surface area contributed by atoms with E-state index in [-0.39, 0.29) is 6.42 Å². The maximum Gasteiger partial charge on any atom is 0.402 e. The number of nitrogens with two attached hydrogens (primary N) is 1. The summed E-state index contributed by atoms with van der Waals surface area (Å²) in [4.78, 5) is 0.480. The summed E-state index contributed by atoms with van der Waals surface area (Å²) in [6.07, 6.45) is -1.05. The Morgan fingerprint density at radius 1 is 1.56 bits per heavy atom. The molecule has 0 radical (unpaired) electrons.